The molecule has 0 aliphatic carbocycles. The highest BCUT2D eigenvalue weighted by atomic mass is 32.2. The summed E-state index contributed by atoms with van der Waals surface area (Å²) in [7, 11) is 0. The lowest BCUT2D eigenvalue weighted by Crippen LogP contribution is -2.30. The number of carbonyl (C=O) groups is 1. The van der Waals surface area contributed by atoms with Gasteiger partial charge >= 0.3 is 0 Å². The SMILES string of the molecule is O=C(CSc1nc2ccccc2c(=O)[nH]1)N1CCc2ccccc21. The average Bonchev–Trinajstić information content (AvgIpc) is 3.04. The fourth-order valence-electron chi connectivity index (χ4n) is 2.94. The van der Waals surface area contributed by atoms with Crippen molar-refractivity contribution in [1.82, 2.24) is 9.97 Å². The number of anilines is 1. The van der Waals surface area contributed by atoms with Crippen molar-refractivity contribution in [2.24, 2.45) is 0 Å². The first-order valence-corrected chi connectivity index (χ1v) is 8.71. The Balaban J connectivity index is 1.51. The van der Waals surface area contributed by atoms with Crippen molar-refractivity contribution in [2.45, 2.75) is 11.6 Å². The first kappa shape index (κ1) is 15.0. The van der Waals surface area contributed by atoms with Gasteiger partial charge in [0.1, 0.15) is 0 Å². The number of H-pyrrole nitrogens is 1. The van der Waals surface area contributed by atoms with Crippen molar-refractivity contribution >= 4 is 34.3 Å². The maximum atomic E-state index is 12.5. The fraction of sp³-hybridized carbons (Fsp3) is 0.167. The van der Waals surface area contributed by atoms with E-state index in [4.69, 9.17) is 0 Å². The quantitative estimate of drug-likeness (QED) is 0.589. The van der Waals surface area contributed by atoms with Crippen LogP contribution < -0.4 is 10.5 Å². The molecule has 4 rings (SSSR count). The van der Waals surface area contributed by atoms with E-state index in [9.17, 15) is 9.59 Å². The molecule has 1 amide bonds. The summed E-state index contributed by atoms with van der Waals surface area (Å²) in [6, 6.07) is 15.1. The van der Waals surface area contributed by atoms with Crippen LogP contribution in [0, 0.1) is 0 Å². The van der Waals surface area contributed by atoms with Gasteiger partial charge in [-0.15, -0.1) is 0 Å². The minimum absolute atomic E-state index is 0.0285. The number of para-hydroxylation sites is 2. The van der Waals surface area contributed by atoms with Crippen molar-refractivity contribution < 1.29 is 4.79 Å². The number of nitrogens with one attached hydrogen (secondary N) is 1. The van der Waals surface area contributed by atoms with E-state index >= 15 is 0 Å². The van der Waals surface area contributed by atoms with Gasteiger partial charge in [0, 0.05) is 12.2 Å². The van der Waals surface area contributed by atoms with Crippen LogP contribution in [0.4, 0.5) is 5.69 Å². The lowest BCUT2D eigenvalue weighted by Gasteiger charge is -2.16. The molecule has 0 atom stereocenters. The molecule has 0 bridgehead atoms. The fourth-order valence-corrected chi connectivity index (χ4v) is 3.68. The van der Waals surface area contributed by atoms with E-state index in [1.807, 2.05) is 29.2 Å². The molecule has 0 saturated heterocycles. The van der Waals surface area contributed by atoms with Gasteiger partial charge in [0.05, 0.1) is 16.7 Å². The van der Waals surface area contributed by atoms with Crippen LogP contribution in [0.2, 0.25) is 0 Å². The molecule has 0 radical (unpaired) electrons. The summed E-state index contributed by atoms with van der Waals surface area (Å²) in [5.41, 5.74) is 2.65. The minimum atomic E-state index is -0.179. The molecule has 5 nitrogen and oxygen atoms in total. The van der Waals surface area contributed by atoms with E-state index in [1.54, 1.807) is 18.2 Å². The molecule has 120 valence electrons. The van der Waals surface area contributed by atoms with E-state index in [0.29, 0.717) is 22.6 Å². The number of nitrogens with zero attached hydrogens (tertiary/aromatic N) is 2. The van der Waals surface area contributed by atoms with Gasteiger partial charge in [-0.2, -0.15) is 0 Å². The van der Waals surface area contributed by atoms with E-state index in [2.05, 4.69) is 16.0 Å². The number of thioether (sulfide) groups is 1. The maximum absolute atomic E-state index is 12.5. The second-order valence-corrected chi connectivity index (χ2v) is 6.57. The Hall–Kier alpha value is -2.60. The highest BCUT2D eigenvalue weighted by molar-refractivity contribution is 7.99. The molecule has 1 aliphatic heterocycles. The van der Waals surface area contributed by atoms with E-state index in [-0.39, 0.29) is 17.2 Å². The number of benzene rings is 2. The van der Waals surface area contributed by atoms with Gasteiger partial charge in [0.15, 0.2) is 5.16 Å². The van der Waals surface area contributed by atoms with Crippen LogP contribution in [-0.2, 0) is 11.2 Å². The van der Waals surface area contributed by atoms with Crippen LogP contribution in [0.5, 0.6) is 0 Å². The van der Waals surface area contributed by atoms with Crippen LogP contribution in [0.25, 0.3) is 10.9 Å². The van der Waals surface area contributed by atoms with Crippen LogP contribution in [-0.4, -0.2) is 28.2 Å². The Morgan fingerprint density at radius 1 is 1.17 bits per heavy atom. The number of aromatic amines is 1. The van der Waals surface area contributed by atoms with E-state index in [0.717, 1.165) is 12.1 Å². The summed E-state index contributed by atoms with van der Waals surface area (Å²) in [6.07, 6.45) is 0.887. The Morgan fingerprint density at radius 2 is 1.96 bits per heavy atom. The number of carbonyl (C=O) groups excluding carboxylic acids is 1. The molecule has 3 aromatic rings. The Labute approximate surface area is 142 Å². The number of hydrogen-bond acceptors (Lipinski definition) is 4. The lowest BCUT2D eigenvalue weighted by molar-refractivity contribution is -0.116. The minimum Gasteiger partial charge on any atom is -0.311 e. The van der Waals surface area contributed by atoms with Gasteiger partial charge in [-0.3, -0.25) is 9.59 Å². The highest BCUT2D eigenvalue weighted by Gasteiger charge is 2.24. The Kier molecular flexibility index (Phi) is 3.82. The van der Waals surface area contributed by atoms with E-state index in [1.165, 1.54) is 17.3 Å². The van der Waals surface area contributed by atoms with Crippen molar-refractivity contribution in [3.63, 3.8) is 0 Å². The number of amides is 1. The van der Waals surface area contributed by atoms with Crippen molar-refractivity contribution in [1.29, 1.82) is 0 Å². The van der Waals surface area contributed by atoms with Crippen molar-refractivity contribution in [2.75, 3.05) is 17.2 Å². The standard InChI is InChI=1S/C18H15N3O2S/c22-16(21-10-9-12-5-1-4-8-15(12)21)11-24-18-19-14-7-3-2-6-13(14)17(23)20-18/h1-8H,9-11H2,(H,19,20,23). The predicted octanol–water partition coefficient (Wildman–Crippen LogP) is 2.60. The molecule has 24 heavy (non-hydrogen) atoms. The zero-order valence-electron chi connectivity index (χ0n) is 12.9. The molecule has 0 saturated carbocycles. The third-order valence-electron chi connectivity index (χ3n) is 4.11. The number of hydrogen-bond donors (Lipinski definition) is 1. The second kappa shape index (κ2) is 6.13. The lowest BCUT2D eigenvalue weighted by atomic mass is 10.2. The number of rotatable bonds is 3. The first-order valence-electron chi connectivity index (χ1n) is 7.72. The molecule has 0 unspecified atom stereocenters. The van der Waals surface area contributed by atoms with E-state index < -0.39 is 0 Å². The summed E-state index contributed by atoms with van der Waals surface area (Å²) >= 11 is 1.26. The molecule has 2 heterocycles. The van der Waals surface area contributed by atoms with Crippen LogP contribution in [0.15, 0.2) is 58.5 Å². The zero-order valence-corrected chi connectivity index (χ0v) is 13.7. The summed E-state index contributed by atoms with van der Waals surface area (Å²) in [4.78, 5) is 33.5. The number of aromatic nitrogens is 2. The monoisotopic (exact) mass is 337 g/mol. The molecule has 6 heteroatoms. The van der Waals surface area contributed by atoms with Crippen LogP contribution >= 0.6 is 11.8 Å². The largest absolute Gasteiger partial charge is 0.311 e. The summed E-state index contributed by atoms with van der Waals surface area (Å²) < 4.78 is 0. The zero-order chi connectivity index (χ0) is 16.5. The van der Waals surface area contributed by atoms with Gasteiger partial charge in [0.25, 0.3) is 5.56 Å². The molecule has 0 fully saturated rings. The van der Waals surface area contributed by atoms with Gasteiger partial charge in [-0.1, -0.05) is 42.1 Å². The highest BCUT2D eigenvalue weighted by Crippen LogP contribution is 2.28. The first-order chi connectivity index (χ1) is 11.7. The summed E-state index contributed by atoms with van der Waals surface area (Å²) in [6.45, 7) is 0.709. The molecule has 0 spiro atoms. The molecular weight excluding hydrogens is 322 g/mol. The molecule has 1 aliphatic rings. The number of fused-ring (bicyclic) bond motifs is 2. The van der Waals surface area contributed by atoms with Gasteiger partial charge < -0.3 is 9.88 Å². The Bertz CT molecular complexity index is 983. The summed E-state index contributed by atoms with van der Waals surface area (Å²) in [5, 5.41) is 1.03. The van der Waals surface area contributed by atoms with Crippen molar-refractivity contribution in [3.8, 4) is 0 Å². The molecule has 1 N–H and O–H groups in total. The maximum Gasteiger partial charge on any atom is 0.259 e. The smallest absolute Gasteiger partial charge is 0.259 e. The van der Waals surface area contributed by atoms with Crippen LogP contribution in [0.1, 0.15) is 5.56 Å². The predicted molar refractivity (Wildman–Crippen MR) is 95.6 cm³/mol. The third kappa shape index (κ3) is 2.69. The topological polar surface area (TPSA) is 66.1 Å². The van der Waals surface area contributed by atoms with Gasteiger partial charge in [0.2, 0.25) is 5.91 Å². The average molecular weight is 337 g/mol. The molecule has 1 aromatic heterocycles. The Morgan fingerprint density at radius 3 is 2.88 bits per heavy atom. The third-order valence-corrected chi connectivity index (χ3v) is 4.97. The molecule has 2 aromatic carbocycles. The van der Waals surface area contributed by atoms with Crippen molar-refractivity contribution in [3.05, 3.63) is 64.4 Å². The molecular formula is C18H15N3O2S. The normalized spacial score (nSPS) is 13.2. The van der Waals surface area contributed by atoms with Gasteiger partial charge in [-0.05, 0) is 30.2 Å². The second-order valence-electron chi connectivity index (χ2n) is 5.60. The summed E-state index contributed by atoms with van der Waals surface area (Å²) in [5.74, 6) is 0.274. The van der Waals surface area contributed by atoms with Gasteiger partial charge in [-0.25, -0.2) is 4.98 Å². The van der Waals surface area contributed by atoms with Crippen LogP contribution in [0.3, 0.4) is 0 Å².